The van der Waals surface area contributed by atoms with Gasteiger partial charge in [0.2, 0.25) is 0 Å². The van der Waals surface area contributed by atoms with E-state index in [9.17, 15) is 4.79 Å². The van der Waals surface area contributed by atoms with Gasteiger partial charge in [-0.3, -0.25) is 4.79 Å². The molecule has 0 bridgehead atoms. The van der Waals surface area contributed by atoms with Crippen molar-refractivity contribution in [2.24, 2.45) is 5.92 Å². The number of halogens is 2. The first-order valence-corrected chi connectivity index (χ1v) is 6.64. The first kappa shape index (κ1) is 14.2. The second-order valence-corrected chi connectivity index (χ2v) is 5.61. The number of benzene rings is 1. The minimum Gasteiger partial charge on any atom is -0.340 e. The number of rotatable bonds is 3. The van der Waals surface area contributed by atoms with E-state index in [1.54, 1.807) is 24.9 Å². The monoisotopic (exact) mass is 358 g/mol. The molecule has 1 rings (SSSR count). The molecular formula is C12H12Br2N2O. The molecule has 0 aliphatic heterocycles. The topological polar surface area (TPSA) is 44.1 Å². The largest absolute Gasteiger partial charge is 0.340 e. The molecule has 90 valence electrons. The maximum Gasteiger partial charge on any atom is 0.254 e. The SMILES string of the molecule is CC(C#N)CN(C)C(=O)c1ccc(Br)cc1Br. The van der Waals surface area contributed by atoms with E-state index < -0.39 is 0 Å². The highest BCUT2D eigenvalue weighted by Crippen LogP contribution is 2.23. The van der Waals surface area contributed by atoms with E-state index >= 15 is 0 Å². The van der Waals surface area contributed by atoms with Gasteiger partial charge in [0.05, 0.1) is 17.6 Å². The van der Waals surface area contributed by atoms with Crippen LogP contribution in [-0.4, -0.2) is 24.4 Å². The van der Waals surface area contributed by atoms with Gasteiger partial charge in [-0.15, -0.1) is 0 Å². The summed E-state index contributed by atoms with van der Waals surface area (Å²) >= 11 is 6.69. The Kier molecular flexibility index (Phi) is 5.16. The molecule has 17 heavy (non-hydrogen) atoms. The number of carbonyl (C=O) groups is 1. The molecule has 1 aromatic carbocycles. The average molecular weight is 360 g/mol. The Morgan fingerprint density at radius 2 is 2.18 bits per heavy atom. The summed E-state index contributed by atoms with van der Waals surface area (Å²) in [6.07, 6.45) is 0. The van der Waals surface area contributed by atoms with Gasteiger partial charge in [0.1, 0.15) is 0 Å². The minimum absolute atomic E-state index is 0.0912. The fraction of sp³-hybridized carbons (Fsp3) is 0.333. The Balaban J connectivity index is 2.86. The summed E-state index contributed by atoms with van der Waals surface area (Å²) in [7, 11) is 1.70. The number of hydrogen-bond acceptors (Lipinski definition) is 2. The summed E-state index contributed by atoms with van der Waals surface area (Å²) in [4.78, 5) is 13.7. The molecule has 0 spiro atoms. The van der Waals surface area contributed by atoms with Gasteiger partial charge < -0.3 is 4.90 Å². The molecule has 0 heterocycles. The Hall–Kier alpha value is -0.860. The fourth-order valence-corrected chi connectivity index (χ4v) is 2.62. The third-order valence-electron chi connectivity index (χ3n) is 2.28. The molecule has 1 aromatic rings. The van der Waals surface area contributed by atoms with Crippen molar-refractivity contribution in [1.82, 2.24) is 4.90 Å². The second kappa shape index (κ2) is 6.18. The van der Waals surface area contributed by atoms with Crippen molar-refractivity contribution in [3.63, 3.8) is 0 Å². The molecule has 0 radical (unpaired) electrons. The number of nitrogens with zero attached hydrogens (tertiary/aromatic N) is 2. The van der Waals surface area contributed by atoms with Crippen LogP contribution in [-0.2, 0) is 0 Å². The van der Waals surface area contributed by atoms with Crippen molar-refractivity contribution >= 4 is 37.8 Å². The van der Waals surface area contributed by atoms with Gasteiger partial charge in [-0.2, -0.15) is 5.26 Å². The van der Waals surface area contributed by atoms with Crippen LogP contribution in [0.15, 0.2) is 27.1 Å². The van der Waals surface area contributed by atoms with E-state index in [2.05, 4.69) is 37.9 Å². The Morgan fingerprint density at radius 3 is 2.71 bits per heavy atom. The molecule has 0 saturated heterocycles. The summed E-state index contributed by atoms with van der Waals surface area (Å²) in [5.74, 6) is -0.260. The highest BCUT2D eigenvalue weighted by Gasteiger charge is 2.16. The molecule has 3 nitrogen and oxygen atoms in total. The predicted molar refractivity (Wildman–Crippen MR) is 73.6 cm³/mol. The molecule has 1 amide bonds. The minimum atomic E-state index is -0.168. The molecule has 0 saturated carbocycles. The molecule has 5 heteroatoms. The summed E-state index contributed by atoms with van der Waals surface area (Å²) < 4.78 is 1.65. The lowest BCUT2D eigenvalue weighted by molar-refractivity contribution is 0.0784. The van der Waals surface area contributed by atoms with E-state index in [-0.39, 0.29) is 11.8 Å². The van der Waals surface area contributed by atoms with Gasteiger partial charge in [0.15, 0.2) is 0 Å². The molecule has 0 N–H and O–H groups in total. The summed E-state index contributed by atoms with van der Waals surface area (Å²) in [5, 5.41) is 8.72. The molecule has 1 unspecified atom stereocenters. The molecule has 1 atom stereocenters. The lowest BCUT2D eigenvalue weighted by atomic mass is 10.1. The average Bonchev–Trinajstić information content (AvgIpc) is 2.28. The third-order valence-corrected chi connectivity index (χ3v) is 3.43. The van der Waals surface area contributed by atoms with Crippen molar-refractivity contribution < 1.29 is 4.79 Å². The van der Waals surface area contributed by atoms with Gasteiger partial charge in [-0.1, -0.05) is 15.9 Å². The molecule has 0 aromatic heterocycles. The number of carbonyl (C=O) groups excluding carboxylic acids is 1. The first-order chi connectivity index (χ1) is 7.95. The van der Waals surface area contributed by atoms with Crippen LogP contribution in [0, 0.1) is 17.2 Å². The highest BCUT2D eigenvalue weighted by molar-refractivity contribution is 9.11. The maximum atomic E-state index is 12.1. The van der Waals surface area contributed by atoms with Gasteiger partial charge in [-0.25, -0.2) is 0 Å². The fourth-order valence-electron chi connectivity index (χ4n) is 1.40. The zero-order valence-corrected chi connectivity index (χ0v) is 12.7. The number of hydrogen-bond donors (Lipinski definition) is 0. The summed E-state index contributed by atoms with van der Waals surface area (Å²) in [5.41, 5.74) is 0.598. The van der Waals surface area contributed by atoms with E-state index in [0.29, 0.717) is 12.1 Å². The standard InChI is InChI=1S/C12H12Br2N2O/c1-8(6-15)7-16(2)12(17)10-4-3-9(13)5-11(10)14/h3-5,8H,7H2,1-2H3. The lowest BCUT2D eigenvalue weighted by Crippen LogP contribution is -2.30. The summed E-state index contributed by atoms with van der Waals surface area (Å²) in [6.45, 7) is 2.22. The van der Waals surface area contributed by atoms with Crippen LogP contribution >= 0.6 is 31.9 Å². The van der Waals surface area contributed by atoms with Crippen LogP contribution in [0.3, 0.4) is 0 Å². The van der Waals surface area contributed by atoms with E-state index in [4.69, 9.17) is 5.26 Å². The van der Waals surface area contributed by atoms with Crippen LogP contribution in [0.4, 0.5) is 0 Å². The molecule has 0 aliphatic carbocycles. The van der Waals surface area contributed by atoms with Gasteiger partial charge in [-0.05, 0) is 41.1 Å². The molecule has 0 aliphatic rings. The van der Waals surface area contributed by atoms with E-state index in [0.717, 1.165) is 8.95 Å². The zero-order valence-electron chi connectivity index (χ0n) is 9.58. The van der Waals surface area contributed by atoms with E-state index in [1.807, 2.05) is 12.1 Å². The normalized spacial score (nSPS) is 11.7. The third kappa shape index (κ3) is 3.83. The lowest BCUT2D eigenvalue weighted by Gasteiger charge is -2.19. The quantitative estimate of drug-likeness (QED) is 0.829. The number of amides is 1. The Morgan fingerprint density at radius 1 is 1.53 bits per heavy atom. The Bertz CT molecular complexity index is 468. The number of nitriles is 1. The predicted octanol–water partition coefficient (Wildman–Crippen LogP) is 3.44. The van der Waals surface area contributed by atoms with Crippen molar-refractivity contribution in [3.8, 4) is 6.07 Å². The highest BCUT2D eigenvalue weighted by atomic mass is 79.9. The zero-order chi connectivity index (χ0) is 13.0. The maximum absolute atomic E-state index is 12.1. The smallest absolute Gasteiger partial charge is 0.254 e. The van der Waals surface area contributed by atoms with Gasteiger partial charge in [0.25, 0.3) is 5.91 Å². The van der Waals surface area contributed by atoms with Crippen molar-refractivity contribution in [2.75, 3.05) is 13.6 Å². The van der Waals surface area contributed by atoms with Crippen LogP contribution in [0.25, 0.3) is 0 Å². The Labute approximate surface area is 118 Å². The summed E-state index contributed by atoms with van der Waals surface area (Å²) in [6, 6.07) is 7.51. The second-order valence-electron chi connectivity index (χ2n) is 3.84. The van der Waals surface area contributed by atoms with Crippen molar-refractivity contribution in [3.05, 3.63) is 32.7 Å². The van der Waals surface area contributed by atoms with E-state index in [1.165, 1.54) is 0 Å². The van der Waals surface area contributed by atoms with Crippen molar-refractivity contribution in [2.45, 2.75) is 6.92 Å². The first-order valence-electron chi connectivity index (χ1n) is 5.06. The van der Waals surface area contributed by atoms with Gasteiger partial charge >= 0.3 is 0 Å². The van der Waals surface area contributed by atoms with Crippen LogP contribution in [0.2, 0.25) is 0 Å². The van der Waals surface area contributed by atoms with Crippen LogP contribution < -0.4 is 0 Å². The molecular weight excluding hydrogens is 348 g/mol. The van der Waals surface area contributed by atoms with Crippen molar-refractivity contribution in [1.29, 1.82) is 5.26 Å². The molecule has 0 fully saturated rings. The van der Waals surface area contributed by atoms with Gasteiger partial charge in [0, 0.05) is 22.5 Å². The van der Waals surface area contributed by atoms with Crippen LogP contribution in [0.5, 0.6) is 0 Å². The van der Waals surface area contributed by atoms with Crippen LogP contribution in [0.1, 0.15) is 17.3 Å².